The van der Waals surface area contributed by atoms with E-state index in [1.54, 1.807) is 36.0 Å². The van der Waals surface area contributed by atoms with Gasteiger partial charge in [0.15, 0.2) is 10.9 Å². The highest BCUT2D eigenvalue weighted by Crippen LogP contribution is 2.29. The number of aromatic nitrogens is 2. The average Bonchev–Trinajstić information content (AvgIpc) is 2.93. The minimum atomic E-state index is -0.272. The standard InChI is InChI=1S/C14H16ClN3O2S2/c1-3-9(2)21-14-18-17-13(22-14)16-12(19)8-20-11-6-4-10(15)5-7-11/h4-7,9H,3,8H2,1-2H3,(H,16,17,19). The Balaban J connectivity index is 1.80. The van der Waals surface area contributed by atoms with E-state index in [0.717, 1.165) is 10.8 Å². The second kappa shape index (κ2) is 8.36. The van der Waals surface area contributed by atoms with Gasteiger partial charge in [-0.1, -0.05) is 48.5 Å². The van der Waals surface area contributed by atoms with Crippen LogP contribution in [0.25, 0.3) is 0 Å². The zero-order valence-corrected chi connectivity index (χ0v) is 14.6. The van der Waals surface area contributed by atoms with Crippen molar-refractivity contribution in [3.05, 3.63) is 29.3 Å². The second-order valence-corrected chi connectivity index (χ2v) is 7.60. The SMILES string of the molecule is CCC(C)Sc1nnc(NC(=O)COc2ccc(Cl)cc2)s1. The number of nitrogens with one attached hydrogen (secondary N) is 1. The molecule has 0 aliphatic rings. The van der Waals surface area contributed by atoms with Crippen LogP contribution in [0.4, 0.5) is 5.13 Å². The minimum Gasteiger partial charge on any atom is -0.484 e. The Labute approximate surface area is 142 Å². The van der Waals surface area contributed by atoms with Gasteiger partial charge < -0.3 is 4.74 Å². The number of thioether (sulfide) groups is 1. The summed E-state index contributed by atoms with van der Waals surface area (Å²) in [6.45, 7) is 4.16. The van der Waals surface area contributed by atoms with Crippen LogP contribution < -0.4 is 10.1 Å². The number of amides is 1. The third-order valence-electron chi connectivity index (χ3n) is 2.71. The summed E-state index contributed by atoms with van der Waals surface area (Å²) in [6, 6.07) is 6.83. The Morgan fingerprint density at radius 3 is 2.82 bits per heavy atom. The van der Waals surface area contributed by atoms with E-state index in [0.29, 0.717) is 21.2 Å². The topological polar surface area (TPSA) is 64.1 Å². The number of hydrogen-bond acceptors (Lipinski definition) is 6. The smallest absolute Gasteiger partial charge is 0.264 e. The van der Waals surface area contributed by atoms with Gasteiger partial charge in [0.25, 0.3) is 5.91 Å². The zero-order chi connectivity index (χ0) is 15.9. The predicted octanol–water partition coefficient (Wildman–Crippen LogP) is 4.10. The molecule has 0 aliphatic heterocycles. The largest absolute Gasteiger partial charge is 0.484 e. The summed E-state index contributed by atoms with van der Waals surface area (Å²) in [5.74, 6) is 0.316. The van der Waals surface area contributed by atoms with Crippen molar-refractivity contribution in [2.24, 2.45) is 0 Å². The molecule has 5 nitrogen and oxygen atoms in total. The first kappa shape index (κ1) is 17.1. The number of hydrogen-bond donors (Lipinski definition) is 1. The van der Waals surface area contributed by atoms with Crippen molar-refractivity contribution in [1.82, 2.24) is 10.2 Å². The van der Waals surface area contributed by atoms with E-state index in [2.05, 4.69) is 29.4 Å². The summed E-state index contributed by atoms with van der Waals surface area (Å²) in [7, 11) is 0. The first-order valence-corrected chi connectivity index (χ1v) is 8.82. The van der Waals surface area contributed by atoms with E-state index in [4.69, 9.17) is 16.3 Å². The summed E-state index contributed by atoms with van der Waals surface area (Å²) in [5.41, 5.74) is 0. The molecule has 1 heterocycles. The van der Waals surface area contributed by atoms with Crippen LogP contribution in [0.3, 0.4) is 0 Å². The molecule has 0 aliphatic carbocycles. The Kier molecular flexibility index (Phi) is 6.48. The van der Waals surface area contributed by atoms with E-state index in [-0.39, 0.29) is 12.5 Å². The number of anilines is 1. The molecule has 1 amide bonds. The molecule has 0 fully saturated rings. The van der Waals surface area contributed by atoms with Crippen molar-refractivity contribution < 1.29 is 9.53 Å². The zero-order valence-electron chi connectivity index (χ0n) is 12.2. The Morgan fingerprint density at radius 2 is 2.14 bits per heavy atom. The third kappa shape index (κ3) is 5.47. The van der Waals surface area contributed by atoms with Gasteiger partial charge in [0.05, 0.1) is 0 Å². The van der Waals surface area contributed by atoms with Gasteiger partial charge in [-0.05, 0) is 30.7 Å². The van der Waals surface area contributed by atoms with Gasteiger partial charge in [-0.3, -0.25) is 10.1 Å². The normalized spacial score (nSPS) is 12.0. The summed E-state index contributed by atoms with van der Waals surface area (Å²) >= 11 is 8.80. The first-order valence-electron chi connectivity index (χ1n) is 6.75. The van der Waals surface area contributed by atoms with Gasteiger partial charge in [-0.2, -0.15) is 0 Å². The summed E-state index contributed by atoms with van der Waals surface area (Å²) < 4.78 is 6.21. The lowest BCUT2D eigenvalue weighted by atomic mass is 10.3. The lowest BCUT2D eigenvalue weighted by Crippen LogP contribution is -2.20. The lowest BCUT2D eigenvalue weighted by Gasteiger charge is -2.05. The monoisotopic (exact) mass is 357 g/mol. The van der Waals surface area contributed by atoms with E-state index >= 15 is 0 Å². The highest BCUT2D eigenvalue weighted by Gasteiger charge is 2.11. The highest BCUT2D eigenvalue weighted by atomic mass is 35.5. The molecule has 0 radical (unpaired) electrons. The average molecular weight is 358 g/mol. The molecule has 1 aromatic heterocycles. The van der Waals surface area contributed by atoms with Gasteiger partial charge in [0, 0.05) is 10.3 Å². The van der Waals surface area contributed by atoms with Crippen molar-refractivity contribution in [3.8, 4) is 5.75 Å². The second-order valence-electron chi connectivity index (χ2n) is 4.50. The molecular weight excluding hydrogens is 342 g/mol. The number of ether oxygens (including phenoxy) is 1. The Hall–Kier alpha value is -1.31. The summed E-state index contributed by atoms with van der Waals surface area (Å²) in [6.07, 6.45) is 1.06. The molecule has 0 saturated carbocycles. The summed E-state index contributed by atoms with van der Waals surface area (Å²) in [5, 5.41) is 12.3. The third-order valence-corrected chi connectivity index (χ3v) is 5.16. The van der Waals surface area contributed by atoms with Crippen LogP contribution in [0.2, 0.25) is 5.02 Å². The molecule has 2 rings (SSSR count). The van der Waals surface area contributed by atoms with Crippen molar-refractivity contribution in [1.29, 1.82) is 0 Å². The fourth-order valence-electron chi connectivity index (χ4n) is 1.40. The maximum absolute atomic E-state index is 11.8. The number of carbonyl (C=O) groups excluding carboxylic acids is 1. The lowest BCUT2D eigenvalue weighted by molar-refractivity contribution is -0.118. The maximum atomic E-state index is 11.8. The number of rotatable bonds is 7. The molecule has 0 saturated heterocycles. The van der Waals surface area contributed by atoms with Gasteiger partial charge in [0.1, 0.15) is 5.75 Å². The van der Waals surface area contributed by atoms with Crippen molar-refractivity contribution in [3.63, 3.8) is 0 Å². The van der Waals surface area contributed by atoms with Crippen LogP contribution in [0, 0.1) is 0 Å². The van der Waals surface area contributed by atoms with Crippen LogP contribution in [0.5, 0.6) is 5.75 Å². The molecule has 8 heteroatoms. The number of benzene rings is 1. The maximum Gasteiger partial charge on any atom is 0.264 e. The molecule has 1 N–H and O–H groups in total. The van der Waals surface area contributed by atoms with Gasteiger partial charge in [-0.15, -0.1) is 10.2 Å². The fourth-order valence-corrected chi connectivity index (χ4v) is 3.54. The molecule has 2 aromatic rings. The molecule has 118 valence electrons. The van der Waals surface area contributed by atoms with E-state index in [9.17, 15) is 4.79 Å². The quantitative estimate of drug-likeness (QED) is 0.597. The van der Waals surface area contributed by atoms with Crippen LogP contribution in [0.15, 0.2) is 28.6 Å². The Bertz CT molecular complexity index is 619. The van der Waals surface area contributed by atoms with Gasteiger partial charge >= 0.3 is 0 Å². The van der Waals surface area contributed by atoms with Crippen LogP contribution in [-0.4, -0.2) is 28.0 Å². The van der Waals surface area contributed by atoms with Gasteiger partial charge in [-0.25, -0.2) is 0 Å². The molecule has 1 aromatic carbocycles. The van der Waals surface area contributed by atoms with Crippen LogP contribution >= 0.6 is 34.7 Å². The van der Waals surface area contributed by atoms with Crippen molar-refractivity contribution in [2.45, 2.75) is 29.9 Å². The van der Waals surface area contributed by atoms with Crippen molar-refractivity contribution >= 4 is 45.7 Å². The first-order chi connectivity index (χ1) is 10.6. The van der Waals surface area contributed by atoms with E-state index < -0.39 is 0 Å². The molecular formula is C14H16ClN3O2S2. The molecule has 0 spiro atoms. The molecule has 1 unspecified atom stereocenters. The highest BCUT2D eigenvalue weighted by molar-refractivity contribution is 8.01. The predicted molar refractivity (Wildman–Crippen MR) is 91.1 cm³/mol. The number of carbonyl (C=O) groups is 1. The fraction of sp³-hybridized carbons (Fsp3) is 0.357. The van der Waals surface area contributed by atoms with Crippen LogP contribution in [0.1, 0.15) is 20.3 Å². The molecule has 0 bridgehead atoms. The number of nitrogens with zero attached hydrogens (tertiary/aromatic N) is 2. The van der Waals surface area contributed by atoms with Crippen molar-refractivity contribution in [2.75, 3.05) is 11.9 Å². The number of halogens is 1. The molecule has 22 heavy (non-hydrogen) atoms. The molecule has 1 atom stereocenters. The van der Waals surface area contributed by atoms with Gasteiger partial charge in [0.2, 0.25) is 5.13 Å². The summed E-state index contributed by atoms with van der Waals surface area (Å²) in [4.78, 5) is 11.8. The Morgan fingerprint density at radius 1 is 1.41 bits per heavy atom. The van der Waals surface area contributed by atoms with E-state index in [1.165, 1.54) is 11.3 Å². The minimum absolute atomic E-state index is 0.0882. The van der Waals surface area contributed by atoms with Crippen LogP contribution in [-0.2, 0) is 4.79 Å². The van der Waals surface area contributed by atoms with E-state index in [1.807, 2.05) is 0 Å².